The summed E-state index contributed by atoms with van der Waals surface area (Å²) in [5.41, 5.74) is 11.2. The van der Waals surface area contributed by atoms with Crippen LogP contribution in [-0.2, 0) is 85.2 Å². The van der Waals surface area contributed by atoms with E-state index < -0.39 is 0 Å². The van der Waals surface area contributed by atoms with E-state index in [1.807, 2.05) is 36.4 Å². The van der Waals surface area contributed by atoms with Crippen LogP contribution in [0.2, 0.25) is 0 Å². The Kier molecular flexibility index (Phi) is 30.2. The van der Waals surface area contributed by atoms with Gasteiger partial charge in [-0.1, -0.05) is 132 Å². The van der Waals surface area contributed by atoms with Crippen LogP contribution in [-0.4, -0.2) is 179 Å². The van der Waals surface area contributed by atoms with E-state index in [4.69, 9.17) is 90.8 Å². The summed E-state index contributed by atoms with van der Waals surface area (Å²) in [7, 11) is 0. The van der Waals surface area contributed by atoms with E-state index in [9.17, 15) is 10.2 Å². The van der Waals surface area contributed by atoms with Gasteiger partial charge in [0.15, 0.2) is 33.2 Å². The molecule has 568 valence electrons. The monoisotopic (exact) mass is 1470 g/mol. The normalized spacial score (nSPS) is 16.4. The second-order valence-electron chi connectivity index (χ2n) is 30.3. The molecule has 0 saturated heterocycles. The van der Waals surface area contributed by atoms with E-state index in [1.165, 1.54) is 0 Å². The van der Waals surface area contributed by atoms with E-state index >= 15 is 0 Å². The maximum absolute atomic E-state index is 13.0. The summed E-state index contributed by atoms with van der Waals surface area (Å²) in [6.45, 7) is 35.9. The maximum Gasteiger partial charge on any atom is 0.170 e. The summed E-state index contributed by atoms with van der Waals surface area (Å²) in [4.78, 5) is 0. The minimum atomic E-state index is -0.302. The van der Waals surface area contributed by atoms with E-state index in [2.05, 4.69) is 153 Å². The molecule has 20 nitrogen and oxygen atoms in total. The summed E-state index contributed by atoms with van der Waals surface area (Å²) >= 11 is 11.8. The van der Waals surface area contributed by atoms with Crippen molar-refractivity contribution in [3.63, 3.8) is 0 Å². The number of hydrogen-bond donors (Lipinski definition) is 6. The van der Waals surface area contributed by atoms with E-state index in [0.29, 0.717) is 227 Å². The van der Waals surface area contributed by atoms with Gasteiger partial charge >= 0.3 is 0 Å². The molecule has 0 atom stereocenters. The number of fused-ring (bicyclic) bond motifs is 10. The van der Waals surface area contributed by atoms with Crippen molar-refractivity contribution in [1.82, 2.24) is 10.6 Å². The fourth-order valence-corrected chi connectivity index (χ4v) is 12.4. The predicted octanol–water partition coefficient (Wildman–Crippen LogP) is 13.4. The van der Waals surface area contributed by atoms with Crippen molar-refractivity contribution in [2.45, 2.75) is 130 Å². The first kappa shape index (κ1) is 80.9. The van der Waals surface area contributed by atoms with Gasteiger partial charge in [-0.25, -0.2) is 0 Å². The van der Waals surface area contributed by atoms with Crippen LogP contribution in [0.15, 0.2) is 84.9 Å². The highest BCUT2D eigenvalue weighted by molar-refractivity contribution is 7.80. The van der Waals surface area contributed by atoms with Crippen molar-refractivity contribution in [1.29, 1.82) is 0 Å². The SMILES string of the molecule is CC(C)(C)c1cc2c(O)c(c1)Cc1cc(C(C)(C)C)cc(c1OCCNC(=S)Nc1ccc3c(c1)OCCOCCOCCOCCOCCO3)Cc1cc(C(C)(C)C)cc(c1O)Cc1cc(C(C)(C)C)cc(c1OCCNC(=S)Nc1ccc3c(c1)OCCOCCOCCOCCOCCO3)C2. The Balaban J connectivity index is 1.00. The lowest BCUT2D eigenvalue weighted by molar-refractivity contribution is -0.00841. The Bertz CT molecular complexity index is 3440. The Hall–Kier alpha value is -7.22. The van der Waals surface area contributed by atoms with E-state index in [-0.39, 0.29) is 46.4 Å². The number of hydrogen-bond acceptors (Lipinski definition) is 18. The van der Waals surface area contributed by atoms with Gasteiger partial charge in [-0.05, 0) is 137 Å². The predicted molar refractivity (Wildman–Crippen MR) is 416 cm³/mol. The molecule has 0 aromatic heterocycles. The summed E-state index contributed by atoms with van der Waals surface area (Å²) in [5, 5.41) is 40.2. The van der Waals surface area contributed by atoms with Crippen LogP contribution < -0.4 is 49.7 Å². The van der Waals surface area contributed by atoms with Crippen molar-refractivity contribution in [3.8, 4) is 46.0 Å². The Labute approximate surface area is 627 Å². The summed E-state index contributed by atoms with van der Waals surface area (Å²) in [6.07, 6.45) is 1.36. The van der Waals surface area contributed by atoms with Crippen LogP contribution in [0, 0.1) is 0 Å². The third-order valence-corrected chi connectivity index (χ3v) is 18.3. The van der Waals surface area contributed by atoms with Gasteiger partial charge in [0.1, 0.15) is 62.6 Å². The lowest BCUT2D eigenvalue weighted by Crippen LogP contribution is -2.32. The zero-order valence-corrected chi connectivity index (χ0v) is 64.9. The van der Waals surface area contributed by atoms with Gasteiger partial charge < -0.3 is 97.8 Å². The molecule has 0 radical (unpaired) electrons. The quantitative estimate of drug-likeness (QED) is 0.0554. The number of phenols is 2. The molecular formula is C82H112N4O16S2. The lowest BCUT2D eigenvalue weighted by atomic mass is 9.79. The molecule has 0 saturated carbocycles. The highest BCUT2D eigenvalue weighted by Crippen LogP contribution is 2.44. The van der Waals surface area contributed by atoms with Gasteiger partial charge in [0.25, 0.3) is 0 Å². The third-order valence-electron chi connectivity index (χ3n) is 17.9. The number of anilines is 2. The molecule has 8 bridgehead atoms. The molecule has 0 fully saturated rings. The van der Waals surface area contributed by atoms with Gasteiger partial charge in [0.2, 0.25) is 0 Å². The largest absolute Gasteiger partial charge is 0.507 e. The first-order valence-corrected chi connectivity index (χ1v) is 37.4. The summed E-state index contributed by atoms with van der Waals surface area (Å²) < 4.78 is 84.2. The molecule has 104 heavy (non-hydrogen) atoms. The number of benzene rings is 6. The van der Waals surface area contributed by atoms with Crippen molar-refractivity contribution in [2.24, 2.45) is 0 Å². The van der Waals surface area contributed by atoms with Gasteiger partial charge in [0, 0.05) is 49.2 Å². The minimum Gasteiger partial charge on any atom is -0.507 e. The minimum absolute atomic E-state index is 0.205. The number of ether oxygens (including phenoxy) is 14. The molecule has 0 unspecified atom stereocenters. The van der Waals surface area contributed by atoms with Crippen LogP contribution in [0.3, 0.4) is 0 Å². The molecule has 0 spiro atoms. The standard InChI is InChI=1S/C82H112N4O16S2/c1-79(2,3)63-45-55-41-59-49-65(81(7,8)9)51-61(75(59)101-19-17-83-77(103)85-67-13-15-69-71(53-67)99-39-35-95-31-27-91-23-21-89-25-29-93-33-37-97-69)43-57-47-64(80(4,5)6)48-58(74(57)88)44-62-52-66(82(10,11)12)50-60(42-56(46-63)73(55)87)76(62)102-20-18-84-78(104)86-68-14-16-70-72(54-68)100-40-36-96-32-28-92-24-22-90-26-30-94-34-38-98-70/h13-16,45-54,87-88H,17-44H2,1-12H3,(H2,83,85,103)(H2,84,86,104). The highest BCUT2D eigenvalue weighted by Gasteiger charge is 2.29. The van der Waals surface area contributed by atoms with Crippen LogP contribution in [0.25, 0.3) is 0 Å². The number of thiocarbonyl (C=S) groups is 2. The molecule has 22 heteroatoms. The second-order valence-corrected chi connectivity index (χ2v) is 31.1. The van der Waals surface area contributed by atoms with Crippen LogP contribution in [0.1, 0.15) is 150 Å². The smallest absolute Gasteiger partial charge is 0.170 e. The lowest BCUT2D eigenvalue weighted by Gasteiger charge is -2.28. The second kappa shape index (κ2) is 38.9. The molecule has 2 heterocycles. The molecule has 0 amide bonds. The zero-order chi connectivity index (χ0) is 74.3. The Morgan fingerprint density at radius 2 is 0.558 bits per heavy atom. The topological polar surface area (TPSA) is 218 Å². The molecule has 6 N–H and O–H groups in total. The van der Waals surface area contributed by atoms with Gasteiger partial charge in [0.05, 0.1) is 119 Å². The fourth-order valence-electron chi connectivity index (χ4n) is 12.0. The number of rotatable bonds is 10. The van der Waals surface area contributed by atoms with Crippen LogP contribution in [0.5, 0.6) is 46.0 Å². The van der Waals surface area contributed by atoms with Crippen molar-refractivity contribution in [3.05, 3.63) is 152 Å². The van der Waals surface area contributed by atoms with Crippen LogP contribution in [0.4, 0.5) is 11.4 Å². The Morgan fingerprint density at radius 3 is 0.808 bits per heavy atom. The van der Waals surface area contributed by atoms with Crippen molar-refractivity contribution >= 4 is 46.0 Å². The first-order chi connectivity index (χ1) is 49.8. The summed E-state index contributed by atoms with van der Waals surface area (Å²) in [6, 6.07) is 28.7. The molecule has 3 aliphatic rings. The fraction of sp³-hybridized carbons (Fsp3) is 0.537. The molecule has 6 aromatic carbocycles. The molecule has 2 aliphatic heterocycles. The molecule has 6 aromatic rings. The number of phenolic OH excluding ortho intramolecular Hbond substituents is 2. The molecular weight excluding hydrogens is 1360 g/mol. The van der Waals surface area contributed by atoms with Gasteiger partial charge in [-0.15, -0.1) is 0 Å². The average molecular weight is 1470 g/mol. The van der Waals surface area contributed by atoms with Gasteiger partial charge in [-0.3, -0.25) is 0 Å². The number of aromatic hydroxyl groups is 2. The zero-order valence-electron chi connectivity index (χ0n) is 63.3. The average Bonchev–Trinajstić information content (AvgIpc) is 0.766. The van der Waals surface area contributed by atoms with Crippen LogP contribution >= 0.6 is 24.4 Å². The molecule has 1 aliphatic carbocycles. The van der Waals surface area contributed by atoms with E-state index in [0.717, 1.165) is 66.8 Å². The third kappa shape index (κ3) is 25.0. The first-order valence-electron chi connectivity index (χ1n) is 36.6. The highest BCUT2D eigenvalue weighted by atomic mass is 32.1. The van der Waals surface area contributed by atoms with Crippen molar-refractivity contribution < 1.29 is 76.5 Å². The summed E-state index contributed by atoms with van der Waals surface area (Å²) in [5.74, 6) is 3.95. The van der Waals surface area contributed by atoms with Gasteiger partial charge in [-0.2, -0.15) is 0 Å². The van der Waals surface area contributed by atoms with E-state index in [1.54, 1.807) is 0 Å². The van der Waals surface area contributed by atoms with Crippen molar-refractivity contribution in [2.75, 3.05) is 169 Å². The maximum atomic E-state index is 13.0. The Morgan fingerprint density at radius 1 is 0.327 bits per heavy atom. The molecule has 9 rings (SSSR count). The number of nitrogens with one attached hydrogen (secondary N) is 4.